The second-order valence-electron chi connectivity index (χ2n) is 5.91. The molecule has 2 aromatic carbocycles. The number of nitrogens with zero attached hydrogens (tertiary/aromatic N) is 2. The molecule has 0 bridgehead atoms. The van der Waals surface area contributed by atoms with Crippen molar-refractivity contribution in [2.75, 3.05) is 7.11 Å². The maximum Gasteiger partial charge on any atom is 0.337 e. The molecule has 0 aliphatic carbocycles. The van der Waals surface area contributed by atoms with Crippen LogP contribution in [-0.4, -0.2) is 34.9 Å². The van der Waals surface area contributed by atoms with E-state index in [0.717, 1.165) is 22.6 Å². The molecule has 0 amide bonds. The average Bonchev–Trinajstić information content (AvgIpc) is 3.15. The number of carboxylic acids is 1. The summed E-state index contributed by atoms with van der Waals surface area (Å²) in [6.07, 6.45) is 3.61. The van der Waals surface area contributed by atoms with Crippen LogP contribution < -0.4 is 0 Å². The molecule has 0 saturated heterocycles. The monoisotopic (exact) mass is 362 g/mol. The van der Waals surface area contributed by atoms with Gasteiger partial charge in [0, 0.05) is 11.9 Å². The van der Waals surface area contributed by atoms with E-state index in [1.807, 2.05) is 29.8 Å². The summed E-state index contributed by atoms with van der Waals surface area (Å²) in [5, 5.41) is 9.01. The Morgan fingerprint density at radius 3 is 2.41 bits per heavy atom. The molecule has 1 heterocycles. The third kappa shape index (κ3) is 3.95. The van der Waals surface area contributed by atoms with Gasteiger partial charge >= 0.3 is 11.9 Å². The maximum absolute atomic E-state index is 11.6. The second-order valence-corrected chi connectivity index (χ2v) is 5.91. The van der Waals surface area contributed by atoms with Crippen LogP contribution in [0.25, 0.3) is 5.69 Å². The zero-order valence-electron chi connectivity index (χ0n) is 14.9. The topological polar surface area (TPSA) is 80.9 Å². The van der Waals surface area contributed by atoms with Crippen LogP contribution in [0.4, 0.5) is 5.69 Å². The van der Waals surface area contributed by atoms with E-state index in [0.29, 0.717) is 5.56 Å². The molecule has 0 spiro atoms. The van der Waals surface area contributed by atoms with Crippen LogP contribution in [0.1, 0.15) is 32.0 Å². The van der Waals surface area contributed by atoms with Crippen molar-refractivity contribution in [3.63, 3.8) is 0 Å². The number of carbonyl (C=O) groups excluding carboxylic acids is 1. The smallest absolute Gasteiger partial charge is 0.337 e. The lowest BCUT2D eigenvalue weighted by atomic mass is 10.1. The Morgan fingerprint density at radius 2 is 1.78 bits per heavy atom. The zero-order chi connectivity index (χ0) is 19.4. The number of hydrogen-bond donors (Lipinski definition) is 1. The van der Waals surface area contributed by atoms with Crippen LogP contribution in [0.5, 0.6) is 0 Å². The van der Waals surface area contributed by atoms with Crippen molar-refractivity contribution in [3.05, 3.63) is 83.2 Å². The third-order valence-corrected chi connectivity index (χ3v) is 4.13. The van der Waals surface area contributed by atoms with Gasteiger partial charge < -0.3 is 14.4 Å². The molecule has 6 heteroatoms. The summed E-state index contributed by atoms with van der Waals surface area (Å²) >= 11 is 0. The van der Waals surface area contributed by atoms with Crippen molar-refractivity contribution in [2.45, 2.75) is 6.92 Å². The van der Waals surface area contributed by atoms with E-state index >= 15 is 0 Å². The normalized spacial score (nSPS) is 10.9. The molecular weight excluding hydrogens is 344 g/mol. The fourth-order valence-electron chi connectivity index (χ4n) is 2.68. The Balaban J connectivity index is 1.86. The SMILES string of the molecule is COC(=O)c1ccc(N=Cc2cccn2-c2ccc(C(=O)O)cc2)c(C)c1. The summed E-state index contributed by atoms with van der Waals surface area (Å²) in [6, 6.07) is 15.6. The lowest BCUT2D eigenvalue weighted by Gasteiger charge is -2.07. The van der Waals surface area contributed by atoms with E-state index in [2.05, 4.69) is 4.99 Å². The molecule has 3 aromatic rings. The molecule has 0 radical (unpaired) electrons. The largest absolute Gasteiger partial charge is 0.478 e. The minimum atomic E-state index is -0.957. The summed E-state index contributed by atoms with van der Waals surface area (Å²) in [5.41, 5.74) is 4.01. The van der Waals surface area contributed by atoms with Crippen LogP contribution >= 0.6 is 0 Å². The number of aromatic nitrogens is 1. The fraction of sp³-hybridized carbons (Fsp3) is 0.0952. The zero-order valence-corrected chi connectivity index (χ0v) is 14.9. The third-order valence-electron chi connectivity index (χ3n) is 4.13. The van der Waals surface area contributed by atoms with Gasteiger partial charge in [-0.3, -0.25) is 4.99 Å². The van der Waals surface area contributed by atoms with Crippen molar-refractivity contribution in [2.24, 2.45) is 4.99 Å². The van der Waals surface area contributed by atoms with Gasteiger partial charge in [-0.05, 0) is 67.1 Å². The molecule has 0 atom stereocenters. The molecule has 1 aromatic heterocycles. The molecule has 6 nitrogen and oxygen atoms in total. The Kier molecular flexibility index (Phi) is 5.17. The van der Waals surface area contributed by atoms with E-state index in [9.17, 15) is 9.59 Å². The van der Waals surface area contributed by atoms with Gasteiger partial charge in [0.05, 0.1) is 35.8 Å². The predicted octanol–water partition coefficient (Wildman–Crippen LogP) is 4.02. The van der Waals surface area contributed by atoms with Crippen molar-refractivity contribution in [1.82, 2.24) is 4.57 Å². The van der Waals surface area contributed by atoms with Crippen LogP contribution in [0.2, 0.25) is 0 Å². The van der Waals surface area contributed by atoms with Crippen molar-refractivity contribution in [1.29, 1.82) is 0 Å². The summed E-state index contributed by atoms with van der Waals surface area (Å²) in [6.45, 7) is 1.88. The van der Waals surface area contributed by atoms with Gasteiger partial charge in [0.1, 0.15) is 0 Å². The molecule has 0 aliphatic rings. The van der Waals surface area contributed by atoms with Crippen LogP contribution in [0.15, 0.2) is 65.8 Å². The Bertz CT molecular complexity index is 1020. The summed E-state index contributed by atoms with van der Waals surface area (Å²) in [5.74, 6) is -1.34. The van der Waals surface area contributed by atoms with Gasteiger partial charge in [0.25, 0.3) is 0 Å². The number of hydrogen-bond acceptors (Lipinski definition) is 4. The molecule has 0 aliphatic heterocycles. The van der Waals surface area contributed by atoms with Gasteiger partial charge in [-0.15, -0.1) is 0 Å². The van der Waals surface area contributed by atoms with Gasteiger partial charge in [0.2, 0.25) is 0 Å². The minimum absolute atomic E-state index is 0.238. The average molecular weight is 362 g/mol. The maximum atomic E-state index is 11.6. The second kappa shape index (κ2) is 7.70. The van der Waals surface area contributed by atoms with Crippen molar-refractivity contribution < 1.29 is 19.4 Å². The van der Waals surface area contributed by atoms with E-state index in [-0.39, 0.29) is 11.5 Å². The lowest BCUT2D eigenvalue weighted by molar-refractivity contribution is 0.0599. The highest BCUT2D eigenvalue weighted by molar-refractivity contribution is 5.90. The minimum Gasteiger partial charge on any atom is -0.478 e. The number of aliphatic imine (C=N–C) groups is 1. The fourth-order valence-corrected chi connectivity index (χ4v) is 2.68. The van der Waals surface area contributed by atoms with Gasteiger partial charge in [-0.1, -0.05) is 0 Å². The Hall–Kier alpha value is -3.67. The first-order chi connectivity index (χ1) is 13.0. The molecule has 0 saturated carbocycles. The first-order valence-electron chi connectivity index (χ1n) is 8.23. The number of methoxy groups -OCH3 is 1. The number of aryl methyl sites for hydroxylation is 1. The molecule has 0 unspecified atom stereocenters. The number of benzene rings is 2. The molecule has 136 valence electrons. The van der Waals surface area contributed by atoms with E-state index in [1.165, 1.54) is 7.11 Å². The molecule has 3 rings (SSSR count). The van der Waals surface area contributed by atoms with Crippen LogP contribution in [0, 0.1) is 6.92 Å². The lowest BCUT2D eigenvalue weighted by Crippen LogP contribution is -2.01. The summed E-state index contributed by atoms with van der Waals surface area (Å²) < 4.78 is 6.63. The predicted molar refractivity (Wildman–Crippen MR) is 103 cm³/mol. The molecule has 27 heavy (non-hydrogen) atoms. The highest BCUT2D eigenvalue weighted by Crippen LogP contribution is 2.21. The molecule has 0 fully saturated rings. The van der Waals surface area contributed by atoms with E-state index in [4.69, 9.17) is 9.84 Å². The first kappa shape index (κ1) is 18.1. The summed E-state index contributed by atoms with van der Waals surface area (Å²) in [7, 11) is 1.35. The number of carboxylic acid groups (broad SMARTS) is 1. The number of esters is 1. The van der Waals surface area contributed by atoms with Crippen LogP contribution in [-0.2, 0) is 4.74 Å². The van der Waals surface area contributed by atoms with E-state index < -0.39 is 5.97 Å². The van der Waals surface area contributed by atoms with Gasteiger partial charge in [0.15, 0.2) is 0 Å². The van der Waals surface area contributed by atoms with Crippen molar-refractivity contribution in [3.8, 4) is 5.69 Å². The quantitative estimate of drug-likeness (QED) is 0.549. The number of ether oxygens (including phenoxy) is 1. The highest BCUT2D eigenvalue weighted by Gasteiger charge is 2.08. The highest BCUT2D eigenvalue weighted by atomic mass is 16.5. The Labute approximate surface area is 156 Å². The van der Waals surface area contributed by atoms with E-state index in [1.54, 1.807) is 48.7 Å². The van der Waals surface area contributed by atoms with Gasteiger partial charge in [-0.25, -0.2) is 9.59 Å². The number of rotatable bonds is 5. The number of carbonyl (C=O) groups is 2. The first-order valence-corrected chi connectivity index (χ1v) is 8.23. The molecule has 1 N–H and O–H groups in total. The summed E-state index contributed by atoms with van der Waals surface area (Å²) in [4.78, 5) is 27.1. The van der Waals surface area contributed by atoms with Crippen molar-refractivity contribution >= 4 is 23.8 Å². The standard InChI is InChI=1S/C21H18N2O4/c1-14-12-16(21(26)27-2)7-10-19(14)22-13-18-4-3-11-23(18)17-8-5-15(6-9-17)20(24)25/h3-13H,1-2H3,(H,24,25). The Morgan fingerprint density at radius 1 is 1.07 bits per heavy atom. The number of aromatic carboxylic acids is 1. The van der Waals surface area contributed by atoms with Crippen LogP contribution in [0.3, 0.4) is 0 Å². The molecular formula is C21H18N2O4. The van der Waals surface area contributed by atoms with Gasteiger partial charge in [-0.2, -0.15) is 0 Å².